The average molecular weight is 362 g/mol. The Kier molecular flexibility index (Phi) is 4.32. The van der Waals surface area contributed by atoms with Gasteiger partial charge in [-0.05, 0) is 0 Å². The van der Waals surface area contributed by atoms with Crippen LogP contribution in [-0.2, 0) is 0 Å². The normalized spacial score (nSPS) is 10.7. The minimum atomic E-state index is -0.264. The molecule has 0 saturated heterocycles. The van der Waals surface area contributed by atoms with Gasteiger partial charge in [-0.1, -0.05) is 0 Å². The molecular formula is C14H12Cl2O2Se. The second-order valence-corrected chi connectivity index (χ2v) is 7.39. The first-order chi connectivity index (χ1) is 8.88. The van der Waals surface area contributed by atoms with Crippen molar-refractivity contribution < 1.29 is 10.2 Å². The van der Waals surface area contributed by atoms with Crippen LogP contribution < -0.4 is 8.92 Å². The molecule has 0 amide bonds. The number of halogens is 2. The molecule has 0 radical (unpaired) electrons. The maximum absolute atomic E-state index is 10.1. The zero-order valence-electron chi connectivity index (χ0n) is 10.4. The monoisotopic (exact) mass is 362 g/mol. The van der Waals surface area contributed by atoms with Crippen LogP contribution in [0.3, 0.4) is 0 Å². The predicted octanol–water partition coefficient (Wildman–Crippen LogP) is 2.68. The molecule has 2 aromatic rings. The van der Waals surface area contributed by atoms with E-state index in [0.717, 1.165) is 20.1 Å². The number of aromatic hydroxyl groups is 2. The number of hydrogen-bond donors (Lipinski definition) is 2. The number of benzene rings is 2. The third-order valence-electron chi connectivity index (χ3n) is 2.68. The number of hydrogen-bond acceptors (Lipinski definition) is 2. The van der Waals surface area contributed by atoms with Gasteiger partial charge in [0.05, 0.1) is 0 Å². The van der Waals surface area contributed by atoms with Gasteiger partial charge in [0.15, 0.2) is 0 Å². The van der Waals surface area contributed by atoms with Crippen molar-refractivity contribution in [2.45, 2.75) is 13.8 Å². The molecule has 100 valence electrons. The SMILES string of the molecule is Cc1cc(Cl)cc([Se]c2cc(Cl)cc(C)c2O)c1O. The van der Waals surface area contributed by atoms with Crippen molar-refractivity contribution in [1.29, 1.82) is 0 Å². The van der Waals surface area contributed by atoms with Gasteiger partial charge in [0, 0.05) is 0 Å². The van der Waals surface area contributed by atoms with E-state index in [9.17, 15) is 10.2 Å². The summed E-state index contributed by atoms with van der Waals surface area (Å²) in [5.74, 6) is 0.447. The van der Waals surface area contributed by atoms with Gasteiger partial charge < -0.3 is 0 Å². The van der Waals surface area contributed by atoms with Crippen LogP contribution in [0, 0.1) is 13.8 Å². The van der Waals surface area contributed by atoms with Gasteiger partial charge in [0.1, 0.15) is 0 Å². The molecule has 0 aromatic heterocycles. The molecule has 0 spiro atoms. The first kappa shape index (κ1) is 14.5. The van der Waals surface area contributed by atoms with Gasteiger partial charge in [0.25, 0.3) is 0 Å². The number of rotatable bonds is 2. The Balaban J connectivity index is 2.47. The minimum absolute atomic E-state index is 0.224. The summed E-state index contributed by atoms with van der Waals surface area (Å²) in [6, 6.07) is 6.86. The molecule has 19 heavy (non-hydrogen) atoms. The topological polar surface area (TPSA) is 40.5 Å². The van der Waals surface area contributed by atoms with Crippen LogP contribution in [0.4, 0.5) is 0 Å². The molecule has 0 aliphatic heterocycles. The first-order valence-electron chi connectivity index (χ1n) is 5.54. The second-order valence-electron chi connectivity index (χ2n) is 4.24. The summed E-state index contributed by atoms with van der Waals surface area (Å²) in [5, 5.41) is 21.3. The fourth-order valence-electron chi connectivity index (χ4n) is 1.68. The Morgan fingerprint density at radius 1 is 0.789 bits per heavy atom. The summed E-state index contributed by atoms with van der Waals surface area (Å²) in [5.41, 5.74) is 1.45. The standard InChI is InChI=1S/C14H12Cl2O2Se/c1-7-3-9(15)5-11(13(7)17)19-12-6-10(16)4-8(2)14(12)18/h3-6,17-18H,1-2H3. The molecule has 5 heteroatoms. The van der Waals surface area contributed by atoms with Crippen molar-refractivity contribution >= 4 is 47.1 Å². The Morgan fingerprint density at radius 2 is 1.16 bits per heavy atom. The van der Waals surface area contributed by atoms with Crippen LogP contribution in [0.25, 0.3) is 0 Å². The molecule has 0 saturated carbocycles. The van der Waals surface area contributed by atoms with Crippen molar-refractivity contribution in [3.8, 4) is 11.5 Å². The molecule has 2 aromatic carbocycles. The molecule has 2 N–H and O–H groups in total. The summed E-state index contributed by atoms with van der Waals surface area (Å²) in [6.07, 6.45) is 0. The molecule has 0 aliphatic rings. The van der Waals surface area contributed by atoms with Crippen LogP contribution in [-0.4, -0.2) is 25.2 Å². The Labute approximate surface area is 128 Å². The molecule has 0 heterocycles. The van der Waals surface area contributed by atoms with E-state index in [0.29, 0.717) is 10.0 Å². The van der Waals surface area contributed by atoms with Crippen LogP contribution in [0.15, 0.2) is 24.3 Å². The van der Waals surface area contributed by atoms with Gasteiger partial charge in [-0.3, -0.25) is 0 Å². The van der Waals surface area contributed by atoms with E-state index in [4.69, 9.17) is 23.2 Å². The van der Waals surface area contributed by atoms with E-state index in [2.05, 4.69) is 0 Å². The van der Waals surface area contributed by atoms with Gasteiger partial charge in [-0.15, -0.1) is 0 Å². The van der Waals surface area contributed by atoms with E-state index in [-0.39, 0.29) is 26.5 Å². The van der Waals surface area contributed by atoms with Gasteiger partial charge in [-0.2, -0.15) is 0 Å². The van der Waals surface area contributed by atoms with E-state index in [1.807, 2.05) is 0 Å². The molecular weight excluding hydrogens is 350 g/mol. The van der Waals surface area contributed by atoms with E-state index >= 15 is 0 Å². The Morgan fingerprint density at radius 3 is 1.53 bits per heavy atom. The van der Waals surface area contributed by atoms with Gasteiger partial charge >= 0.3 is 128 Å². The van der Waals surface area contributed by atoms with Crippen molar-refractivity contribution in [3.63, 3.8) is 0 Å². The summed E-state index contributed by atoms with van der Waals surface area (Å²) < 4.78 is 1.46. The number of aryl methyl sites for hydroxylation is 2. The van der Waals surface area contributed by atoms with E-state index in [1.54, 1.807) is 38.1 Å². The molecule has 2 rings (SSSR count). The maximum atomic E-state index is 10.1. The zero-order chi connectivity index (χ0) is 14.2. The fourth-order valence-corrected chi connectivity index (χ4v) is 4.88. The van der Waals surface area contributed by atoms with Crippen molar-refractivity contribution in [3.05, 3.63) is 45.4 Å². The molecule has 0 atom stereocenters. The van der Waals surface area contributed by atoms with Crippen LogP contribution in [0.2, 0.25) is 10.0 Å². The zero-order valence-corrected chi connectivity index (χ0v) is 13.6. The molecule has 2 nitrogen and oxygen atoms in total. The predicted molar refractivity (Wildman–Crippen MR) is 80.7 cm³/mol. The first-order valence-corrected chi connectivity index (χ1v) is 8.01. The third-order valence-corrected chi connectivity index (χ3v) is 5.35. The number of phenolic OH excluding ortho intramolecular Hbond substituents is 2. The summed E-state index contributed by atoms with van der Waals surface area (Å²) in [4.78, 5) is 0. The third kappa shape index (κ3) is 3.18. The number of phenols is 2. The van der Waals surface area contributed by atoms with Crippen LogP contribution >= 0.6 is 23.2 Å². The van der Waals surface area contributed by atoms with Crippen LogP contribution in [0.5, 0.6) is 11.5 Å². The van der Waals surface area contributed by atoms with Crippen molar-refractivity contribution in [2.24, 2.45) is 0 Å². The Bertz CT molecular complexity index is 586. The average Bonchev–Trinajstić information content (AvgIpc) is 2.31. The summed E-state index contributed by atoms with van der Waals surface area (Å²) in [6.45, 7) is 3.59. The molecule has 0 unspecified atom stereocenters. The quantitative estimate of drug-likeness (QED) is 0.807. The summed E-state index contributed by atoms with van der Waals surface area (Å²) >= 11 is 11.7. The van der Waals surface area contributed by atoms with E-state index in [1.165, 1.54) is 0 Å². The molecule has 0 bridgehead atoms. The fraction of sp³-hybridized carbons (Fsp3) is 0.143. The van der Waals surface area contributed by atoms with Gasteiger partial charge in [-0.25, -0.2) is 0 Å². The van der Waals surface area contributed by atoms with Crippen molar-refractivity contribution in [1.82, 2.24) is 0 Å². The Hall–Kier alpha value is -0.861. The van der Waals surface area contributed by atoms with E-state index < -0.39 is 0 Å². The summed E-state index contributed by atoms with van der Waals surface area (Å²) in [7, 11) is 0. The molecule has 0 aliphatic carbocycles. The van der Waals surface area contributed by atoms with Gasteiger partial charge in [0.2, 0.25) is 0 Å². The molecule has 0 fully saturated rings. The second kappa shape index (κ2) is 5.64. The van der Waals surface area contributed by atoms with Crippen molar-refractivity contribution in [2.75, 3.05) is 0 Å². The van der Waals surface area contributed by atoms with Crippen LogP contribution in [0.1, 0.15) is 11.1 Å².